The van der Waals surface area contributed by atoms with Crippen LogP contribution in [0.4, 0.5) is 14.5 Å². The summed E-state index contributed by atoms with van der Waals surface area (Å²) < 4.78 is 54.0. The maximum atomic E-state index is 13.4. The third-order valence-corrected chi connectivity index (χ3v) is 7.80. The van der Waals surface area contributed by atoms with Crippen molar-refractivity contribution in [1.82, 2.24) is 14.5 Å². The van der Waals surface area contributed by atoms with Crippen molar-refractivity contribution in [3.05, 3.63) is 69.7 Å². The Labute approximate surface area is 186 Å². The molecular formula is C20H15F2N5O3S2. The first kappa shape index (κ1) is 21.9. The minimum atomic E-state index is -3.89. The summed E-state index contributed by atoms with van der Waals surface area (Å²) in [5.74, 6) is -2.81. The van der Waals surface area contributed by atoms with E-state index in [0.29, 0.717) is 17.8 Å². The minimum Gasteiger partial charge on any atom is -0.320 e. The second kappa shape index (κ2) is 8.70. The fourth-order valence-electron chi connectivity index (χ4n) is 3.36. The number of nitrogens with one attached hydrogen (secondary N) is 1. The second-order valence-corrected chi connectivity index (χ2v) is 9.84. The molecular weight excluding hydrogens is 460 g/mol. The molecule has 32 heavy (non-hydrogen) atoms. The molecule has 1 saturated heterocycles. The van der Waals surface area contributed by atoms with Gasteiger partial charge in [0.05, 0.1) is 22.6 Å². The first-order valence-corrected chi connectivity index (χ1v) is 11.7. The molecule has 1 aliphatic rings. The predicted molar refractivity (Wildman–Crippen MR) is 111 cm³/mol. The smallest absolute Gasteiger partial charge is 0.286 e. The Morgan fingerprint density at radius 1 is 1.19 bits per heavy atom. The summed E-state index contributed by atoms with van der Waals surface area (Å²) in [6.07, 6.45) is 1.09. The Bertz CT molecular complexity index is 1340. The number of hydrogen-bond acceptors (Lipinski definition) is 7. The zero-order valence-corrected chi connectivity index (χ0v) is 18.0. The number of carbonyl (C=O) groups is 1. The number of benzene rings is 2. The second-order valence-electron chi connectivity index (χ2n) is 6.94. The van der Waals surface area contributed by atoms with E-state index in [1.807, 2.05) is 6.07 Å². The monoisotopic (exact) mass is 475 g/mol. The Morgan fingerprint density at radius 3 is 2.75 bits per heavy atom. The first-order chi connectivity index (χ1) is 15.3. The molecule has 1 N–H and O–H groups in total. The molecule has 1 aromatic heterocycles. The van der Waals surface area contributed by atoms with Crippen molar-refractivity contribution in [3.63, 3.8) is 0 Å². The molecule has 8 nitrogen and oxygen atoms in total. The fraction of sp³-hybridized carbons (Fsp3) is 0.200. The first-order valence-electron chi connectivity index (χ1n) is 9.41. The number of rotatable bonds is 5. The highest BCUT2D eigenvalue weighted by Crippen LogP contribution is 2.38. The van der Waals surface area contributed by atoms with Gasteiger partial charge < -0.3 is 5.32 Å². The number of amides is 1. The standard InChI is InChI=1S/C20H15F2N5O3S2/c21-15-7-6-13(10-16(15)22)24-18(28)20-26-25-19(31-20)17-5-2-8-27(17)32(29,30)14-4-1-3-12(9-14)11-23/h1,3-4,6-7,9-10,17H,2,5,8H2,(H,24,28). The van der Waals surface area contributed by atoms with Crippen LogP contribution in [0.2, 0.25) is 0 Å². The molecule has 2 heterocycles. The van der Waals surface area contributed by atoms with Crippen LogP contribution < -0.4 is 5.32 Å². The summed E-state index contributed by atoms with van der Waals surface area (Å²) in [5, 5.41) is 19.6. The minimum absolute atomic E-state index is 0.00395. The molecule has 1 fully saturated rings. The Morgan fingerprint density at radius 2 is 2.00 bits per heavy atom. The molecule has 1 amide bonds. The zero-order chi connectivity index (χ0) is 22.9. The molecule has 0 bridgehead atoms. The van der Waals surface area contributed by atoms with E-state index in [-0.39, 0.29) is 27.7 Å². The number of nitriles is 1. The van der Waals surface area contributed by atoms with Crippen LogP contribution in [0.3, 0.4) is 0 Å². The van der Waals surface area contributed by atoms with Crippen LogP contribution in [-0.4, -0.2) is 35.4 Å². The lowest BCUT2D eigenvalue weighted by atomic mass is 10.2. The van der Waals surface area contributed by atoms with Crippen LogP contribution in [0, 0.1) is 23.0 Å². The fourth-order valence-corrected chi connectivity index (χ4v) is 6.02. The van der Waals surface area contributed by atoms with Crippen LogP contribution in [0.15, 0.2) is 47.4 Å². The topological polar surface area (TPSA) is 116 Å². The molecule has 0 radical (unpaired) electrons. The van der Waals surface area contributed by atoms with E-state index in [9.17, 15) is 22.0 Å². The average Bonchev–Trinajstić information content (AvgIpc) is 3.46. The van der Waals surface area contributed by atoms with Gasteiger partial charge in [0.1, 0.15) is 5.01 Å². The van der Waals surface area contributed by atoms with Crippen LogP contribution in [-0.2, 0) is 10.0 Å². The normalized spacial score (nSPS) is 16.6. The highest BCUT2D eigenvalue weighted by molar-refractivity contribution is 7.89. The third kappa shape index (κ3) is 4.22. The molecule has 0 aliphatic carbocycles. The van der Waals surface area contributed by atoms with Crippen LogP contribution in [0.1, 0.15) is 39.3 Å². The molecule has 0 spiro atoms. The summed E-state index contributed by atoms with van der Waals surface area (Å²) in [6.45, 7) is 0.264. The van der Waals surface area contributed by atoms with Gasteiger partial charge in [-0.25, -0.2) is 17.2 Å². The number of nitrogens with zero attached hydrogens (tertiary/aromatic N) is 4. The van der Waals surface area contributed by atoms with E-state index in [1.54, 1.807) is 0 Å². The van der Waals surface area contributed by atoms with Gasteiger partial charge in [-0.3, -0.25) is 4.79 Å². The quantitative estimate of drug-likeness (QED) is 0.604. The zero-order valence-electron chi connectivity index (χ0n) is 16.3. The summed E-state index contributed by atoms with van der Waals surface area (Å²) in [7, 11) is -3.89. The lowest BCUT2D eigenvalue weighted by molar-refractivity contribution is 0.102. The van der Waals surface area contributed by atoms with Crippen molar-refractivity contribution in [1.29, 1.82) is 5.26 Å². The maximum Gasteiger partial charge on any atom is 0.286 e. The largest absolute Gasteiger partial charge is 0.320 e. The van der Waals surface area contributed by atoms with Gasteiger partial charge >= 0.3 is 0 Å². The van der Waals surface area contributed by atoms with Crippen molar-refractivity contribution in [2.24, 2.45) is 0 Å². The predicted octanol–water partition coefficient (Wildman–Crippen LogP) is 3.47. The van der Waals surface area contributed by atoms with Gasteiger partial charge in [0.15, 0.2) is 11.6 Å². The van der Waals surface area contributed by atoms with Crippen molar-refractivity contribution in [3.8, 4) is 6.07 Å². The van der Waals surface area contributed by atoms with E-state index in [4.69, 9.17) is 5.26 Å². The Hall–Kier alpha value is -3.27. The number of hydrogen-bond donors (Lipinski definition) is 1. The summed E-state index contributed by atoms with van der Waals surface area (Å²) >= 11 is 0.927. The van der Waals surface area contributed by atoms with Crippen molar-refractivity contribution in [2.75, 3.05) is 11.9 Å². The van der Waals surface area contributed by atoms with Crippen LogP contribution in [0.25, 0.3) is 0 Å². The number of sulfonamides is 1. The third-order valence-electron chi connectivity index (χ3n) is 4.87. The molecule has 3 aromatic rings. The van der Waals surface area contributed by atoms with Gasteiger partial charge in [0, 0.05) is 18.3 Å². The summed E-state index contributed by atoms with van der Waals surface area (Å²) in [6, 6.07) is 10.0. The van der Waals surface area contributed by atoms with Gasteiger partial charge in [0.2, 0.25) is 15.0 Å². The Balaban J connectivity index is 1.55. The number of anilines is 1. The maximum absolute atomic E-state index is 13.4. The molecule has 2 aromatic carbocycles. The molecule has 4 rings (SSSR count). The van der Waals surface area contributed by atoms with Crippen LogP contribution in [0.5, 0.6) is 0 Å². The lowest BCUT2D eigenvalue weighted by Gasteiger charge is -2.22. The van der Waals surface area contributed by atoms with Crippen molar-refractivity contribution in [2.45, 2.75) is 23.8 Å². The Kier molecular flexibility index (Phi) is 5.96. The van der Waals surface area contributed by atoms with E-state index >= 15 is 0 Å². The molecule has 1 aliphatic heterocycles. The lowest BCUT2D eigenvalue weighted by Crippen LogP contribution is -2.30. The van der Waals surface area contributed by atoms with Crippen LogP contribution >= 0.6 is 11.3 Å². The van der Waals surface area contributed by atoms with Gasteiger partial charge in [-0.15, -0.1) is 10.2 Å². The van der Waals surface area contributed by atoms with Gasteiger partial charge in [0.25, 0.3) is 5.91 Å². The van der Waals surface area contributed by atoms with Gasteiger partial charge in [-0.2, -0.15) is 9.57 Å². The average molecular weight is 476 g/mol. The number of aromatic nitrogens is 2. The highest BCUT2D eigenvalue weighted by Gasteiger charge is 2.38. The summed E-state index contributed by atoms with van der Waals surface area (Å²) in [4.78, 5) is 12.4. The molecule has 1 atom stereocenters. The van der Waals surface area contributed by atoms with E-state index < -0.39 is 33.6 Å². The SMILES string of the molecule is N#Cc1cccc(S(=O)(=O)N2CCCC2c2nnc(C(=O)Nc3ccc(F)c(F)c3)s2)c1. The molecule has 12 heteroatoms. The van der Waals surface area contributed by atoms with Crippen molar-refractivity contribution < 1.29 is 22.0 Å². The van der Waals surface area contributed by atoms with E-state index in [2.05, 4.69) is 15.5 Å². The molecule has 0 saturated carbocycles. The number of carbonyl (C=O) groups excluding carboxylic acids is 1. The summed E-state index contributed by atoms with van der Waals surface area (Å²) in [5.41, 5.74) is 0.280. The highest BCUT2D eigenvalue weighted by atomic mass is 32.2. The van der Waals surface area contributed by atoms with Crippen molar-refractivity contribution >= 4 is 33.0 Å². The van der Waals surface area contributed by atoms with Gasteiger partial charge in [-0.05, 0) is 43.2 Å². The molecule has 164 valence electrons. The van der Waals surface area contributed by atoms with E-state index in [1.165, 1.54) is 34.6 Å². The van der Waals surface area contributed by atoms with E-state index in [0.717, 1.165) is 23.5 Å². The number of halogens is 2. The molecule has 1 unspecified atom stereocenters. The van der Waals surface area contributed by atoms with Gasteiger partial charge in [-0.1, -0.05) is 17.4 Å².